The van der Waals surface area contributed by atoms with Crippen molar-refractivity contribution in [3.05, 3.63) is 59.7 Å². The van der Waals surface area contributed by atoms with Gasteiger partial charge in [0.15, 0.2) is 0 Å². The van der Waals surface area contributed by atoms with Crippen molar-refractivity contribution in [2.45, 2.75) is 44.2 Å². The Morgan fingerprint density at radius 1 is 1.00 bits per heavy atom. The van der Waals surface area contributed by atoms with E-state index < -0.39 is 36.2 Å². The highest BCUT2D eigenvalue weighted by Crippen LogP contribution is 2.44. The first kappa shape index (κ1) is 23.3. The lowest BCUT2D eigenvalue weighted by atomic mass is 9.91. The van der Waals surface area contributed by atoms with Gasteiger partial charge in [-0.3, -0.25) is 4.79 Å². The predicted molar refractivity (Wildman–Crippen MR) is 118 cm³/mol. The van der Waals surface area contributed by atoms with Gasteiger partial charge in [0.2, 0.25) is 5.91 Å². The van der Waals surface area contributed by atoms with Gasteiger partial charge in [0.25, 0.3) is 0 Å². The summed E-state index contributed by atoms with van der Waals surface area (Å²) in [5, 5.41) is 23.2. The Kier molecular flexibility index (Phi) is 7.15. The third-order valence-corrected chi connectivity index (χ3v) is 6.11. The fraction of sp³-hybridized carbons (Fsp3) is 0.375. The van der Waals surface area contributed by atoms with Crippen molar-refractivity contribution in [1.82, 2.24) is 10.6 Å². The minimum atomic E-state index is -1.45. The number of hydrogen-bond acceptors (Lipinski definition) is 5. The van der Waals surface area contributed by atoms with Crippen LogP contribution in [-0.4, -0.2) is 53.0 Å². The van der Waals surface area contributed by atoms with E-state index in [-0.39, 0.29) is 25.4 Å². The molecule has 0 aromatic heterocycles. The van der Waals surface area contributed by atoms with Gasteiger partial charge in [0.05, 0.1) is 6.61 Å². The highest BCUT2D eigenvalue weighted by molar-refractivity contribution is 5.92. The van der Waals surface area contributed by atoms with Crippen molar-refractivity contribution in [2.75, 3.05) is 13.2 Å². The standard InChI is InChI=1S/C24H28N2O6/c1-3-24(4-2,22(30)25-20(13-27)21(28)29)26-23(31)32-14-19-17-11-7-5-9-15(17)16-10-6-8-12-18(16)19/h5-12,19-20,27H,3-4,13-14H2,1-2H3,(H,25,30)(H,26,31)(H,28,29)/t20-/m0/s1. The SMILES string of the molecule is CCC(CC)(NC(=O)OCC1c2ccccc2-c2ccccc21)C(=O)N[C@@H](CO)C(=O)O. The van der Waals surface area contributed by atoms with Crippen molar-refractivity contribution >= 4 is 18.0 Å². The van der Waals surface area contributed by atoms with Crippen LogP contribution in [0.4, 0.5) is 4.79 Å². The van der Waals surface area contributed by atoms with Gasteiger partial charge in [-0.25, -0.2) is 9.59 Å². The van der Waals surface area contributed by atoms with Crippen molar-refractivity contribution in [3.8, 4) is 11.1 Å². The molecular formula is C24H28N2O6. The summed E-state index contributed by atoms with van der Waals surface area (Å²) >= 11 is 0. The maximum Gasteiger partial charge on any atom is 0.408 e. The number of benzene rings is 2. The van der Waals surface area contributed by atoms with Crippen LogP contribution in [0.5, 0.6) is 0 Å². The van der Waals surface area contributed by atoms with Gasteiger partial charge < -0.3 is 25.6 Å². The fourth-order valence-corrected chi connectivity index (χ4v) is 4.12. The second-order valence-corrected chi connectivity index (χ2v) is 7.79. The summed E-state index contributed by atoms with van der Waals surface area (Å²) < 4.78 is 5.53. The Labute approximate surface area is 186 Å². The van der Waals surface area contributed by atoms with E-state index in [1.54, 1.807) is 13.8 Å². The van der Waals surface area contributed by atoms with Gasteiger partial charge in [-0.2, -0.15) is 0 Å². The molecule has 2 aromatic rings. The molecule has 8 heteroatoms. The molecule has 0 heterocycles. The van der Waals surface area contributed by atoms with E-state index in [1.807, 2.05) is 48.5 Å². The molecule has 0 bridgehead atoms. The van der Waals surface area contributed by atoms with Crippen LogP contribution in [0, 0.1) is 0 Å². The smallest absolute Gasteiger partial charge is 0.408 e. The number of carbonyl (C=O) groups excluding carboxylic acids is 2. The quantitative estimate of drug-likeness (QED) is 0.475. The third kappa shape index (κ3) is 4.45. The topological polar surface area (TPSA) is 125 Å². The highest BCUT2D eigenvalue weighted by atomic mass is 16.5. The summed E-state index contributed by atoms with van der Waals surface area (Å²) in [5.74, 6) is -2.16. The number of fused-ring (bicyclic) bond motifs is 3. The predicted octanol–water partition coefficient (Wildman–Crippen LogP) is 2.65. The van der Waals surface area contributed by atoms with Gasteiger partial charge in [0, 0.05) is 5.92 Å². The van der Waals surface area contributed by atoms with E-state index in [4.69, 9.17) is 9.84 Å². The maximum absolute atomic E-state index is 12.8. The number of carbonyl (C=O) groups is 3. The first-order valence-corrected chi connectivity index (χ1v) is 10.6. The lowest BCUT2D eigenvalue weighted by molar-refractivity contribution is -0.144. The van der Waals surface area contributed by atoms with Crippen LogP contribution in [0.15, 0.2) is 48.5 Å². The molecule has 1 atom stereocenters. The summed E-state index contributed by atoms with van der Waals surface area (Å²) in [7, 11) is 0. The van der Waals surface area contributed by atoms with Gasteiger partial charge in [-0.1, -0.05) is 62.4 Å². The van der Waals surface area contributed by atoms with Crippen LogP contribution >= 0.6 is 0 Å². The Bertz CT molecular complexity index is 956. The van der Waals surface area contributed by atoms with Crippen molar-refractivity contribution in [2.24, 2.45) is 0 Å². The van der Waals surface area contributed by atoms with E-state index in [9.17, 15) is 19.5 Å². The number of rotatable bonds is 9. The number of nitrogens with one attached hydrogen (secondary N) is 2. The molecule has 0 radical (unpaired) electrons. The zero-order chi connectivity index (χ0) is 23.3. The molecule has 4 N–H and O–H groups in total. The van der Waals surface area contributed by atoms with E-state index in [2.05, 4.69) is 10.6 Å². The molecule has 2 amide bonds. The lowest BCUT2D eigenvalue weighted by Crippen LogP contribution is -2.61. The zero-order valence-electron chi connectivity index (χ0n) is 18.1. The Morgan fingerprint density at radius 2 is 1.53 bits per heavy atom. The van der Waals surface area contributed by atoms with E-state index >= 15 is 0 Å². The lowest BCUT2D eigenvalue weighted by Gasteiger charge is -2.32. The second-order valence-electron chi connectivity index (χ2n) is 7.79. The fourth-order valence-electron chi connectivity index (χ4n) is 4.12. The van der Waals surface area contributed by atoms with E-state index in [1.165, 1.54) is 0 Å². The molecule has 0 unspecified atom stereocenters. The molecule has 32 heavy (non-hydrogen) atoms. The van der Waals surface area contributed by atoms with Gasteiger partial charge in [-0.05, 0) is 35.1 Å². The van der Waals surface area contributed by atoms with Crippen LogP contribution in [0.25, 0.3) is 11.1 Å². The van der Waals surface area contributed by atoms with Crippen molar-refractivity contribution in [1.29, 1.82) is 0 Å². The van der Waals surface area contributed by atoms with Crippen LogP contribution in [0.1, 0.15) is 43.7 Å². The van der Waals surface area contributed by atoms with E-state index in [0.717, 1.165) is 22.3 Å². The average Bonchev–Trinajstić information content (AvgIpc) is 3.13. The minimum Gasteiger partial charge on any atom is -0.480 e. The second kappa shape index (κ2) is 9.82. The third-order valence-electron chi connectivity index (χ3n) is 6.11. The number of alkyl carbamates (subject to hydrolysis) is 1. The molecular weight excluding hydrogens is 412 g/mol. The largest absolute Gasteiger partial charge is 0.480 e. The van der Waals surface area contributed by atoms with Crippen LogP contribution < -0.4 is 10.6 Å². The minimum absolute atomic E-state index is 0.0966. The average molecular weight is 440 g/mol. The summed E-state index contributed by atoms with van der Waals surface area (Å²) in [4.78, 5) is 36.6. The number of aliphatic hydroxyl groups is 1. The summed E-state index contributed by atoms with van der Waals surface area (Å²) in [6.07, 6.45) is -0.323. The van der Waals surface area contributed by atoms with Gasteiger partial charge >= 0.3 is 12.1 Å². The molecule has 2 aromatic carbocycles. The number of carboxylic acids is 1. The van der Waals surface area contributed by atoms with Crippen molar-refractivity contribution < 1.29 is 29.3 Å². The van der Waals surface area contributed by atoms with Gasteiger partial charge in [-0.15, -0.1) is 0 Å². The van der Waals surface area contributed by atoms with Crippen molar-refractivity contribution in [3.63, 3.8) is 0 Å². The van der Waals surface area contributed by atoms with Crippen LogP contribution in [0.3, 0.4) is 0 Å². The Morgan fingerprint density at radius 3 is 2.00 bits per heavy atom. The molecule has 0 aliphatic heterocycles. The number of amides is 2. The molecule has 0 spiro atoms. The number of carboxylic acid groups (broad SMARTS) is 1. The molecule has 1 aliphatic rings. The summed E-state index contributed by atoms with van der Waals surface area (Å²) in [6, 6.07) is 14.5. The van der Waals surface area contributed by atoms with E-state index in [0.29, 0.717) is 0 Å². The highest BCUT2D eigenvalue weighted by Gasteiger charge is 2.39. The number of aliphatic carboxylic acids is 1. The number of hydrogen-bond donors (Lipinski definition) is 4. The summed E-state index contributed by atoms with van der Waals surface area (Å²) in [6.45, 7) is 2.76. The van der Waals surface area contributed by atoms with Crippen LogP contribution in [-0.2, 0) is 14.3 Å². The van der Waals surface area contributed by atoms with Crippen LogP contribution in [0.2, 0.25) is 0 Å². The molecule has 1 aliphatic carbocycles. The first-order chi connectivity index (χ1) is 15.4. The molecule has 170 valence electrons. The number of aliphatic hydroxyl groups excluding tert-OH is 1. The Hall–Kier alpha value is -3.39. The summed E-state index contributed by atoms with van der Waals surface area (Å²) in [5.41, 5.74) is 3.01. The molecule has 0 fully saturated rings. The normalized spacial score (nSPS) is 13.6. The Balaban J connectivity index is 1.71. The van der Waals surface area contributed by atoms with Gasteiger partial charge in [0.1, 0.15) is 18.2 Å². The maximum atomic E-state index is 12.8. The molecule has 0 saturated carbocycles. The number of ether oxygens (including phenoxy) is 1. The molecule has 3 rings (SSSR count). The first-order valence-electron chi connectivity index (χ1n) is 10.6. The molecule has 0 saturated heterocycles. The zero-order valence-corrected chi connectivity index (χ0v) is 18.1. The molecule has 8 nitrogen and oxygen atoms in total. The monoisotopic (exact) mass is 440 g/mol.